The molecule has 0 aliphatic carbocycles. The Kier molecular flexibility index (Phi) is 6.69. The summed E-state index contributed by atoms with van der Waals surface area (Å²) >= 11 is 0. The third-order valence-corrected chi connectivity index (χ3v) is 5.26. The molecule has 1 saturated heterocycles. The van der Waals surface area contributed by atoms with E-state index in [-0.39, 0.29) is 30.7 Å². The molecule has 2 heterocycles. The topological polar surface area (TPSA) is 75.6 Å². The predicted molar refractivity (Wildman–Crippen MR) is 115 cm³/mol. The first-order valence-corrected chi connectivity index (χ1v) is 10.4. The average molecular weight is 434 g/mol. The molecule has 164 valence electrons. The van der Waals surface area contributed by atoms with Gasteiger partial charge in [0.25, 0.3) is 5.91 Å². The fourth-order valence-electron chi connectivity index (χ4n) is 3.52. The SMILES string of the molecule is O=C(Cc1cnccn1)N1CCN(C(=O)c2ccc(OCc3cccc(F)c3)cc2)CC1. The normalized spacial score (nSPS) is 13.7. The monoisotopic (exact) mass is 434 g/mol. The van der Waals surface area contributed by atoms with Gasteiger partial charge in [0.05, 0.1) is 12.1 Å². The number of halogens is 1. The summed E-state index contributed by atoms with van der Waals surface area (Å²) in [5.41, 5.74) is 1.93. The number of benzene rings is 2. The Balaban J connectivity index is 1.27. The summed E-state index contributed by atoms with van der Waals surface area (Å²) in [5.74, 6) is 0.202. The molecule has 0 saturated carbocycles. The summed E-state index contributed by atoms with van der Waals surface area (Å²) < 4.78 is 18.9. The van der Waals surface area contributed by atoms with Gasteiger partial charge in [-0.15, -0.1) is 0 Å². The van der Waals surface area contributed by atoms with Crippen molar-refractivity contribution in [1.29, 1.82) is 0 Å². The van der Waals surface area contributed by atoms with E-state index in [1.54, 1.807) is 64.8 Å². The largest absolute Gasteiger partial charge is 0.489 e. The third-order valence-electron chi connectivity index (χ3n) is 5.26. The molecule has 0 bridgehead atoms. The van der Waals surface area contributed by atoms with Crippen LogP contribution in [0.4, 0.5) is 4.39 Å². The Hall–Kier alpha value is -3.81. The highest BCUT2D eigenvalue weighted by Crippen LogP contribution is 2.17. The van der Waals surface area contributed by atoms with Crippen molar-refractivity contribution < 1.29 is 18.7 Å². The van der Waals surface area contributed by atoms with Crippen LogP contribution in [0, 0.1) is 5.82 Å². The van der Waals surface area contributed by atoms with Crippen molar-refractivity contribution in [2.75, 3.05) is 26.2 Å². The van der Waals surface area contributed by atoms with Crippen molar-refractivity contribution >= 4 is 11.8 Å². The van der Waals surface area contributed by atoms with Gasteiger partial charge < -0.3 is 14.5 Å². The predicted octanol–water partition coefficient (Wildman–Crippen LogP) is 2.72. The van der Waals surface area contributed by atoms with E-state index in [0.29, 0.717) is 43.2 Å². The Bertz CT molecular complexity index is 1070. The quantitative estimate of drug-likeness (QED) is 0.596. The van der Waals surface area contributed by atoms with E-state index in [4.69, 9.17) is 4.74 Å². The number of hydrogen-bond acceptors (Lipinski definition) is 5. The lowest BCUT2D eigenvalue weighted by atomic mass is 10.1. The number of aromatic nitrogens is 2. The van der Waals surface area contributed by atoms with Crippen LogP contribution in [0.1, 0.15) is 21.6 Å². The van der Waals surface area contributed by atoms with Crippen LogP contribution in [0.15, 0.2) is 67.1 Å². The van der Waals surface area contributed by atoms with Crippen LogP contribution in [0.25, 0.3) is 0 Å². The van der Waals surface area contributed by atoms with E-state index in [1.165, 1.54) is 12.1 Å². The Morgan fingerprint density at radius 1 is 0.969 bits per heavy atom. The Morgan fingerprint density at radius 3 is 2.41 bits per heavy atom. The van der Waals surface area contributed by atoms with Crippen LogP contribution in [0.2, 0.25) is 0 Å². The first-order valence-electron chi connectivity index (χ1n) is 10.4. The smallest absolute Gasteiger partial charge is 0.253 e. The minimum atomic E-state index is -0.303. The average Bonchev–Trinajstić information content (AvgIpc) is 2.83. The van der Waals surface area contributed by atoms with Crippen molar-refractivity contribution in [2.45, 2.75) is 13.0 Å². The maximum absolute atomic E-state index is 13.3. The summed E-state index contributed by atoms with van der Waals surface area (Å²) in [6.45, 7) is 2.17. The molecule has 2 aromatic carbocycles. The summed E-state index contributed by atoms with van der Waals surface area (Å²) in [6, 6.07) is 13.1. The number of ether oxygens (including phenoxy) is 1. The molecule has 1 aromatic heterocycles. The van der Waals surface area contributed by atoms with Gasteiger partial charge in [0, 0.05) is 50.3 Å². The fourth-order valence-corrected chi connectivity index (χ4v) is 3.52. The molecule has 32 heavy (non-hydrogen) atoms. The number of rotatable bonds is 6. The van der Waals surface area contributed by atoms with Crippen LogP contribution in [0.3, 0.4) is 0 Å². The maximum atomic E-state index is 13.3. The Labute approximate surface area is 185 Å². The van der Waals surface area contributed by atoms with E-state index < -0.39 is 0 Å². The molecule has 0 atom stereocenters. The van der Waals surface area contributed by atoms with Crippen molar-refractivity contribution in [3.63, 3.8) is 0 Å². The number of hydrogen-bond donors (Lipinski definition) is 0. The van der Waals surface area contributed by atoms with Crippen molar-refractivity contribution in [1.82, 2.24) is 19.8 Å². The third kappa shape index (κ3) is 5.46. The number of nitrogens with zero attached hydrogens (tertiary/aromatic N) is 4. The van der Waals surface area contributed by atoms with Gasteiger partial charge in [-0.2, -0.15) is 0 Å². The maximum Gasteiger partial charge on any atom is 0.253 e. The molecular weight excluding hydrogens is 411 g/mol. The minimum absolute atomic E-state index is 0.0163. The number of carbonyl (C=O) groups is 2. The van der Waals surface area contributed by atoms with E-state index in [9.17, 15) is 14.0 Å². The lowest BCUT2D eigenvalue weighted by molar-refractivity contribution is -0.132. The summed E-state index contributed by atoms with van der Waals surface area (Å²) in [6.07, 6.45) is 4.93. The molecule has 0 N–H and O–H groups in total. The molecule has 1 aliphatic heterocycles. The first-order chi connectivity index (χ1) is 15.6. The van der Waals surface area contributed by atoms with Crippen LogP contribution in [0.5, 0.6) is 5.75 Å². The molecule has 1 fully saturated rings. The van der Waals surface area contributed by atoms with Gasteiger partial charge >= 0.3 is 0 Å². The van der Waals surface area contributed by atoms with Gasteiger partial charge in [-0.3, -0.25) is 19.6 Å². The Morgan fingerprint density at radius 2 is 1.72 bits per heavy atom. The van der Waals surface area contributed by atoms with Gasteiger partial charge in [0.2, 0.25) is 5.91 Å². The minimum Gasteiger partial charge on any atom is -0.489 e. The molecule has 0 radical (unpaired) electrons. The number of carbonyl (C=O) groups excluding carboxylic acids is 2. The molecule has 0 unspecified atom stereocenters. The van der Waals surface area contributed by atoms with E-state index in [2.05, 4.69) is 9.97 Å². The molecule has 2 amide bonds. The molecule has 8 heteroatoms. The summed E-state index contributed by atoms with van der Waals surface area (Å²) in [7, 11) is 0. The second-order valence-electron chi connectivity index (χ2n) is 7.49. The second kappa shape index (κ2) is 10.00. The second-order valence-corrected chi connectivity index (χ2v) is 7.49. The summed E-state index contributed by atoms with van der Waals surface area (Å²) in [5, 5.41) is 0. The van der Waals surface area contributed by atoms with Crippen LogP contribution in [-0.2, 0) is 17.8 Å². The van der Waals surface area contributed by atoms with E-state index in [1.807, 2.05) is 0 Å². The standard InChI is InChI=1S/C24H23FN4O3/c25-20-3-1-2-18(14-20)17-32-22-6-4-19(5-7-22)24(31)29-12-10-28(11-13-29)23(30)15-21-16-26-8-9-27-21/h1-9,14,16H,10-13,15,17H2. The lowest BCUT2D eigenvalue weighted by Gasteiger charge is -2.34. The first kappa shape index (κ1) is 21.4. The van der Waals surface area contributed by atoms with Gasteiger partial charge in [-0.25, -0.2) is 4.39 Å². The van der Waals surface area contributed by atoms with Gasteiger partial charge in [0.1, 0.15) is 18.2 Å². The highest BCUT2D eigenvalue weighted by Gasteiger charge is 2.25. The van der Waals surface area contributed by atoms with E-state index in [0.717, 1.165) is 5.56 Å². The molecular formula is C24H23FN4O3. The van der Waals surface area contributed by atoms with Gasteiger partial charge in [-0.05, 0) is 42.0 Å². The van der Waals surface area contributed by atoms with Gasteiger partial charge in [-0.1, -0.05) is 12.1 Å². The summed E-state index contributed by atoms with van der Waals surface area (Å²) in [4.78, 5) is 36.9. The zero-order valence-electron chi connectivity index (χ0n) is 17.5. The van der Waals surface area contributed by atoms with Crippen LogP contribution >= 0.6 is 0 Å². The zero-order valence-corrected chi connectivity index (χ0v) is 17.5. The number of amides is 2. The lowest BCUT2D eigenvalue weighted by Crippen LogP contribution is -2.51. The molecule has 1 aliphatic rings. The van der Waals surface area contributed by atoms with E-state index >= 15 is 0 Å². The number of piperazine rings is 1. The fraction of sp³-hybridized carbons (Fsp3) is 0.250. The van der Waals surface area contributed by atoms with Crippen molar-refractivity contribution in [2.24, 2.45) is 0 Å². The highest BCUT2D eigenvalue weighted by molar-refractivity contribution is 5.94. The molecule has 4 rings (SSSR count). The van der Waals surface area contributed by atoms with Crippen molar-refractivity contribution in [3.05, 3.63) is 89.8 Å². The molecule has 3 aromatic rings. The zero-order chi connectivity index (χ0) is 22.3. The van der Waals surface area contributed by atoms with Crippen molar-refractivity contribution in [3.8, 4) is 5.75 Å². The highest BCUT2D eigenvalue weighted by atomic mass is 19.1. The van der Waals surface area contributed by atoms with Gasteiger partial charge in [0.15, 0.2) is 0 Å². The molecule has 7 nitrogen and oxygen atoms in total. The molecule has 0 spiro atoms. The van der Waals surface area contributed by atoms with Crippen LogP contribution in [-0.4, -0.2) is 57.8 Å². The van der Waals surface area contributed by atoms with Crippen LogP contribution < -0.4 is 4.74 Å².